The fraction of sp³-hybridized carbons (Fsp3) is 0.500. The van der Waals surface area contributed by atoms with E-state index in [1.165, 1.54) is 6.07 Å². The van der Waals surface area contributed by atoms with Crippen LogP contribution in [0.5, 0.6) is 0 Å². The van der Waals surface area contributed by atoms with Crippen molar-refractivity contribution in [2.75, 3.05) is 50.8 Å². The highest BCUT2D eigenvalue weighted by molar-refractivity contribution is 5.91. The zero-order valence-corrected chi connectivity index (χ0v) is 18.5. The molecule has 0 unspecified atom stereocenters. The van der Waals surface area contributed by atoms with Crippen molar-refractivity contribution in [1.29, 1.82) is 0 Å². The minimum atomic E-state index is -0.193. The molecule has 3 heterocycles. The Kier molecular flexibility index (Phi) is 7.09. The molecule has 0 bridgehead atoms. The summed E-state index contributed by atoms with van der Waals surface area (Å²) in [6.07, 6.45) is 1.23. The van der Waals surface area contributed by atoms with E-state index in [1.807, 2.05) is 18.2 Å². The maximum absolute atomic E-state index is 14.0. The van der Waals surface area contributed by atoms with Crippen LogP contribution >= 0.6 is 0 Å². The normalized spacial score (nSPS) is 18.1. The molecule has 1 aromatic carbocycles. The fourth-order valence-electron chi connectivity index (χ4n) is 4.39. The SMILES string of the molecule is CCOC(=O)C1CCN(C(=O)c2ccc(CN3CCN(c4ccccc4F)CC3)o2)CC1. The Hall–Kier alpha value is -2.87. The van der Waals surface area contributed by atoms with Crippen LogP contribution in [0.25, 0.3) is 0 Å². The molecule has 0 spiro atoms. The number of likely N-dealkylation sites (tertiary alicyclic amines) is 1. The van der Waals surface area contributed by atoms with Crippen LogP contribution in [0.1, 0.15) is 36.1 Å². The molecular weight excluding hydrogens is 413 g/mol. The molecule has 7 nitrogen and oxygen atoms in total. The summed E-state index contributed by atoms with van der Waals surface area (Å²) in [6, 6.07) is 10.4. The highest BCUT2D eigenvalue weighted by Gasteiger charge is 2.30. The average Bonchev–Trinajstić information content (AvgIpc) is 3.28. The van der Waals surface area contributed by atoms with Crippen LogP contribution in [0.4, 0.5) is 10.1 Å². The second-order valence-corrected chi connectivity index (χ2v) is 8.30. The Morgan fingerprint density at radius 3 is 2.44 bits per heavy atom. The molecule has 8 heteroatoms. The van der Waals surface area contributed by atoms with E-state index in [1.54, 1.807) is 24.0 Å². The molecule has 2 aromatic rings. The number of furan rings is 1. The Labute approximate surface area is 187 Å². The Balaban J connectivity index is 1.26. The second-order valence-electron chi connectivity index (χ2n) is 8.30. The third-order valence-corrected chi connectivity index (χ3v) is 6.22. The molecule has 2 saturated heterocycles. The average molecular weight is 444 g/mol. The lowest BCUT2D eigenvalue weighted by Gasteiger charge is -2.35. The number of halogens is 1. The summed E-state index contributed by atoms with van der Waals surface area (Å²) in [6.45, 7) is 6.90. The van der Waals surface area contributed by atoms with Gasteiger partial charge in [0.2, 0.25) is 0 Å². The molecule has 1 aromatic heterocycles. The van der Waals surface area contributed by atoms with Crippen LogP contribution in [-0.4, -0.2) is 67.6 Å². The van der Waals surface area contributed by atoms with Crippen molar-refractivity contribution < 1.29 is 23.1 Å². The summed E-state index contributed by atoms with van der Waals surface area (Å²) in [5.74, 6) is 0.446. The maximum atomic E-state index is 14.0. The molecule has 0 saturated carbocycles. The zero-order chi connectivity index (χ0) is 22.5. The highest BCUT2D eigenvalue weighted by Crippen LogP contribution is 2.23. The van der Waals surface area contributed by atoms with Crippen molar-refractivity contribution in [2.45, 2.75) is 26.3 Å². The first-order valence-electron chi connectivity index (χ1n) is 11.3. The van der Waals surface area contributed by atoms with E-state index < -0.39 is 0 Å². The number of nitrogens with zero attached hydrogens (tertiary/aromatic N) is 3. The monoisotopic (exact) mass is 443 g/mol. The summed E-state index contributed by atoms with van der Waals surface area (Å²) in [5, 5.41) is 0. The molecule has 32 heavy (non-hydrogen) atoms. The molecule has 0 aliphatic carbocycles. The maximum Gasteiger partial charge on any atom is 0.309 e. The van der Waals surface area contributed by atoms with Crippen molar-refractivity contribution in [1.82, 2.24) is 9.80 Å². The number of anilines is 1. The molecule has 0 radical (unpaired) electrons. The van der Waals surface area contributed by atoms with E-state index >= 15 is 0 Å². The predicted octanol–water partition coefficient (Wildman–Crippen LogP) is 3.16. The van der Waals surface area contributed by atoms with Gasteiger partial charge in [-0.25, -0.2) is 4.39 Å². The van der Waals surface area contributed by atoms with E-state index in [2.05, 4.69) is 9.80 Å². The molecule has 2 aliphatic rings. The van der Waals surface area contributed by atoms with E-state index in [-0.39, 0.29) is 23.6 Å². The van der Waals surface area contributed by atoms with Gasteiger partial charge in [0.1, 0.15) is 11.6 Å². The lowest BCUT2D eigenvalue weighted by molar-refractivity contribution is -0.149. The number of carbonyl (C=O) groups is 2. The minimum Gasteiger partial charge on any atom is -0.466 e. The first-order valence-corrected chi connectivity index (χ1v) is 11.3. The number of rotatable bonds is 6. The van der Waals surface area contributed by atoms with Gasteiger partial charge in [-0.3, -0.25) is 14.5 Å². The van der Waals surface area contributed by atoms with Gasteiger partial charge in [0, 0.05) is 39.3 Å². The summed E-state index contributed by atoms with van der Waals surface area (Å²) < 4.78 is 25.0. The topological polar surface area (TPSA) is 66.2 Å². The van der Waals surface area contributed by atoms with Crippen LogP contribution in [0.15, 0.2) is 40.8 Å². The van der Waals surface area contributed by atoms with Gasteiger partial charge in [-0.2, -0.15) is 0 Å². The van der Waals surface area contributed by atoms with Gasteiger partial charge in [-0.05, 0) is 44.0 Å². The van der Waals surface area contributed by atoms with Crippen LogP contribution in [0, 0.1) is 11.7 Å². The van der Waals surface area contributed by atoms with Crippen LogP contribution in [0.3, 0.4) is 0 Å². The second kappa shape index (κ2) is 10.2. The molecule has 2 fully saturated rings. The highest BCUT2D eigenvalue weighted by atomic mass is 19.1. The lowest BCUT2D eigenvalue weighted by atomic mass is 9.97. The van der Waals surface area contributed by atoms with Crippen molar-refractivity contribution in [3.8, 4) is 0 Å². The third kappa shape index (κ3) is 5.12. The smallest absolute Gasteiger partial charge is 0.309 e. The number of amides is 1. The van der Waals surface area contributed by atoms with Crippen LogP contribution < -0.4 is 4.90 Å². The van der Waals surface area contributed by atoms with Crippen molar-refractivity contribution in [3.63, 3.8) is 0 Å². The first-order chi connectivity index (χ1) is 15.5. The number of hydrogen-bond donors (Lipinski definition) is 0. The number of esters is 1. The van der Waals surface area contributed by atoms with Gasteiger partial charge in [0.25, 0.3) is 5.91 Å². The third-order valence-electron chi connectivity index (χ3n) is 6.22. The number of ether oxygens (including phenoxy) is 1. The van der Waals surface area contributed by atoms with Crippen LogP contribution in [-0.2, 0) is 16.1 Å². The van der Waals surface area contributed by atoms with Gasteiger partial charge < -0.3 is 19.0 Å². The fourth-order valence-corrected chi connectivity index (χ4v) is 4.39. The van der Waals surface area contributed by atoms with Crippen molar-refractivity contribution in [2.24, 2.45) is 5.92 Å². The number of benzene rings is 1. The first kappa shape index (κ1) is 22.3. The minimum absolute atomic E-state index is 0.130. The number of hydrogen-bond acceptors (Lipinski definition) is 6. The van der Waals surface area contributed by atoms with Gasteiger partial charge >= 0.3 is 5.97 Å². The lowest BCUT2D eigenvalue weighted by Crippen LogP contribution is -2.46. The number of piperidine rings is 1. The van der Waals surface area contributed by atoms with Crippen molar-refractivity contribution in [3.05, 3.63) is 53.7 Å². The zero-order valence-electron chi connectivity index (χ0n) is 18.5. The number of carbonyl (C=O) groups excluding carboxylic acids is 2. The van der Waals surface area contributed by atoms with Crippen LogP contribution in [0.2, 0.25) is 0 Å². The van der Waals surface area contributed by atoms with Gasteiger partial charge in [-0.1, -0.05) is 12.1 Å². The van der Waals surface area contributed by atoms with E-state index in [9.17, 15) is 14.0 Å². The summed E-state index contributed by atoms with van der Waals surface area (Å²) in [5.41, 5.74) is 0.643. The molecule has 0 N–H and O–H groups in total. The predicted molar refractivity (Wildman–Crippen MR) is 118 cm³/mol. The number of piperazine rings is 1. The molecule has 0 atom stereocenters. The summed E-state index contributed by atoms with van der Waals surface area (Å²) in [7, 11) is 0. The molecule has 2 aliphatic heterocycles. The summed E-state index contributed by atoms with van der Waals surface area (Å²) in [4.78, 5) is 30.7. The number of para-hydroxylation sites is 1. The Morgan fingerprint density at radius 1 is 1.03 bits per heavy atom. The largest absolute Gasteiger partial charge is 0.466 e. The molecular formula is C24H30FN3O4. The van der Waals surface area contributed by atoms with E-state index in [4.69, 9.17) is 9.15 Å². The molecule has 172 valence electrons. The van der Waals surface area contributed by atoms with Gasteiger partial charge in [0.15, 0.2) is 5.76 Å². The summed E-state index contributed by atoms with van der Waals surface area (Å²) >= 11 is 0. The standard InChI is InChI=1S/C24H30FN3O4/c1-2-31-24(30)18-9-11-28(12-10-18)23(29)22-8-7-19(32-22)17-26-13-15-27(16-14-26)21-6-4-3-5-20(21)25/h3-8,18H,2,9-17H2,1H3. The molecule has 1 amide bonds. The molecule has 4 rings (SSSR count). The van der Waals surface area contributed by atoms with Gasteiger partial charge in [-0.15, -0.1) is 0 Å². The van der Waals surface area contributed by atoms with Gasteiger partial charge in [0.05, 0.1) is 24.8 Å². The van der Waals surface area contributed by atoms with Crippen molar-refractivity contribution >= 4 is 17.6 Å². The quantitative estimate of drug-likeness (QED) is 0.639. The van der Waals surface area contributed by atoms with E-state index in [0.29, 0.717) is 50.5 Å². The van der Waals surface area contributed by atoms with E-state index in [0.717, 1.165) is 31.9 Å². The Morgan fingerprint density at radius 2 is 1.75 bits per heavy atom. The Bertz CT molecular complexity index is 931.